The Balaban J connectivity index is 2.69. The Morgan fingerprint density at radius 2 is 1.89 bits per heavy atom. The molecule has 0 spiro atoms. The number of hydrogen-bond donors (Lipinski definition) is 0. The van der Waals surface area contributed by atoms with Crippen LogP contribution in [-0.4, -0.2) is 6.29 Å². The first-order chi connectivity index (χ1) is 4.02. The van der Waals surface area contributed by atoms with Crippen molar-refractivity contribution in [2.24, 2.45) is 10.8 Å². The molecule has 9 heavy (non-hydrogen) atoms. The molecule has 1 heteroatoms. The first kappa shape index (κ1) is 6.79. The molecule has 1 rings (SSSR count). The van der Waals surface area contributed by atoms with Crippen LogP contribution in [0, 0.1) is 10.8 Å². The fourth-order valence-electron chi connectivity index (χ4n) is 0.974. The van der Waals surface area contributed by atoms with E-state index in [1.807, 2.05) is 13.8 Å². The number of aldehydes is 1. The van der Waals surface area contributed by atoms with E-state index in [-0.39, 0.29) is 5.41 Å². The van der Waals surface area contributed by atoms with E-state index in [1.165, 1.54) is 12.8 Å². The lowest BCUT2D eigenvalue weighted by Gasteiger charge is -2.24. The Hall–Kier alpha value is -0.330. The number of carbonyl (C=O) groups excluding carboxylic acids is 1. The first-order valence-electron chi connectivity index (χ1n) is 3.48. The minimum absolute atomic E-state index is 0.0903. The molecule has 1 fully saturated rings. The molecular weight excluding hydrogens is 112 g/mol. The molecule has 0 saturated heterocycles. The summed E-state index contributed by atoms with van der Waals surface area (Å²) in [6.07, 6.45) is 3.53. The van der Waals surface area contributed by atoms with Gasteiger partial charge in [0.1, 0.15) is 6.29 Å². The van der Waals surface area contributed by atoms with Crippen molar-refractivity contribution in [2.45, 2.75) is 33.6 Å². The summed E-state index contributed by atoms with van der Waals surface area (Å²) in [5.41, 5.74) is 0.238. The van der Waals surface area contributed by atoms with Gasteiger partial charge in [-0.25, -0.2) is 0 Å². The summed E-state index contributed by atoms with van der Waals surface area (Å²) in [5, 5.41) is 0. The van der Waals surface area contributed by atoms with E-state index in [1.54, 1.807) is 0 Å². The van der Waals surface area contributed by atoms with E-state index in [9.17, 15) is 4.79 Å². The summed E-state index contributed by atoms with van der Waals surface area (Å²) < 4.78 is 0. The average molecular weight is 126 g/mol. The van der Waals surface area contributed by atoms with Gasteiger partial charge in [0.15, 0.2) is 0 Å². The lowest BCUT2D eigenvalue weighted by molar-refractivity contribution is -0.117. The van der Waals surface area contributed by atoms with Gasteiger partial charge in [-0.2, -0.15) is 0 Å². The van der Waals surface area contributed by atoms with Gasteiger partial charge in [0.25, 0.3) is 0 Å². The van der Waals surface area contributed by atoms with Crippen molar-refractivity contribution in [1.82, 2.24) is 0 Å². The molecule has 0 radical (unpaired) electrons. The van der Waals surface area contributed by atoms with Crippen molar-refractivity contribution in [1.29, 1.82) is 0 Å². The third kappa shape index (κ3) is 0.887. The topological polar surface area (TPSA) is 17.1 Å². The molecule has 1 aliphatic rings. The zero-order valence-corrected chi connectivity index (χ0v) is 6.40. The molecule has 0 aromatic heterocycles. The summed E-state index contributed by atoms with van der Waals surface area (Å²) in [4.78, 5) is 10.5. The van der Waals surface area contributed by atoms with Crippen LogP contribution in [0.2, 0.25) is 0 Å². The minimum atomic E-state index is -0.0903. The molecule has 0 aromatic rings. The average Bonchev–Trinajstić information content (AvgIpc) is 2.49. The molecule has 0 atom stereocenters. The molecule has 1 saturated carbocycles. The van der Waals surface area contributed by atoms with Gasteiger partial charge in [-0.3, -0.25) is 0 Å². The maximum atomic E-state index is 10.5. The molecule has 0 unspecified atom stereocenters. The van der Waals surface area contributed by atoms with Crippen molar-refractivity contribution in [2.75, 3.05) is 0 Å². The number of rotatable bonds is 2. The van der Waals surface area contributed by atoms with E-state index >= 15 is 0 Å². The summed E-state index contributed by atoms with van der Waals surface area (Å²) in [7, 11) is 0. The summed E-state index contributed by atoms with van der Waals surface area (Å²) in [6.45, 7) is 6.22. The third-order valence-corrected chi connectivity index (χ3v) is 2.85. The van der Waals surface area contributed by atoms with Crippen LogP contribution in [0.1, 0.15) is 33.6 Å². The molecule has 0 N–H and O–H groups in total. The van der Waals surface area contributed by atoms with Crippen molar-refractivity contribution in [3.63, 3.8) is 0 Å². The Kier molecular flexibility index (Phi) is 1.20. The second-order valence-corrected chi connectivity index (χ2v) is 3.90. The highest BCUT2D eigenvalue weighted by Gasteiger charge is 2.49. The standard InChI is InChI=1S/C8H14O/c1-7(2,6-9)8(3)4-5-8/h6H,4-5H2,1-3H3. The second kappa shape index (κ2) is 1.59. The Morgan fingerprint density at radius 3 is 2.00 bits per heavy atom. The Bertz CT molecular complexity index is 132. The fourth-order valence-corrected chi connectivity index (χ4v) is 0.974. The third-order valence-electron chi connectivity index (χ3n) is 2.85. The van der Waals surface area contributed by atoms with Gasteiger partial charge in [-0.15, -0.1) is 0 Å². The Labute approximate surface area is 56.4 Å². The van der Waals surface area contributed by atoms with Crippen molar-refractivity contribution < 1.29 is 4.79 Å². The zero-order valence-electron chi connectivity index (χ0n) is 6.40. The van der Waals surface area contributed by atoms with Gasteiger partial charge in [-0.1, -0.05) is 20.8 Å². The van der Waals surface area contributed by atoms with Crippen LogP contribution in [0.5, 0.6) is 0 Å². The van der Waals surface area contributed by atoms with Crippen LogP contribution in [0.15, 0.2) is 0 Å². The number of carbonyl (C=O) groups is 1. The lowest BCUT2D eigenvalue weighted by Crippen LogP contribution is -2.24. The molecule has 0 heterocycles. The van der Waals surface area contributed by atoms with E-state index in [2.05, 4.69) is 6.92 Å². The van der Waals surface area contributed by atoms with Crippen LogP contribution in [0.25, 0.3) is 0 Å². The van der Waals surface area contributed by atoms with Gasteiger partial charge in [0.05, 0.1) is 0 Å². The second-order valence-electron chi connectivity index (χ2n) is 3.90. The predicted molar refractivity (Wildman–Crippen MR) is 37.2 cm³/mol. The maximum absolute atomic E-state index is 10.5. The lowest BCUT2D eigenvalue weighted by atomic mass is 9.79. The highest BCUT2D eigenvalue weighted by molar-refractivity contribution is 5.60. The largest absolute Gasteiger partial charge is 0.303 e. The quantitative estimate of drug-likeness (QED) is 0.517. The van der Waals surface area contributed by atoms with Crippen LogP contribution < -0.4 is 0 Å². The minimum Gasteiger partial charge on any atom is -0.303 e. The first-order valence-corrected chi connectivity index (χ1v) is 3.48. The van der Waals surface area contributed by atoms with Gasteiger partial charge in [0.2, 0.25) is 0 Å². The maximum Gasteiger partial charge on any atom is 0.126 e. The molecule has 1 nitrogen and oxygen atoms in total. The smallest absolute Gasteiger partial charge is 0.126 e. The van der Waals surface area contributed by atoms with Crippen LogP contribution in [0.3, 0.4) is 0 Å². The summed E-state index contributed by atoms with van der Waals surface area (Å²) in [5.74, 6) is 0. The monoisotopic (exact) mass is 126 g/mol. The highest BCUT2D eigenvalue weighted by atomic mass is 16.1. The molecular formula is C8H14O. The molecule has 0 aliphatic heterocycles. The van der Waals surface area contributed by atoms with Crippen LogP contribution >= 0.6 is 0 Å². The normalized spacial score (nSPS) is 23.4. The molecule has 52 valence electrons. The van der Waals surface area contributed by atoms with Crippen molar-refractivity contribution in [3.8, 4) is 0 Å². The predicted octanol–water partition coefficient (Wildman–Crippen LogP) is 2.01. The highest BCUT2D eigenvalue weighted by Crippen LogP contribution is 2.56. The zero-order chi connectivity index (χ0) is 7.12. The van der Waals surface area contributed by atoms with E-state index in [4.69, 9.17) is 0 Å². The molecule has 0 amide bonds. The van der Waals surface area contributed by atoms with Crippen molar-refractivity contribution >= 4 is 6.29 Å². The molecule has 0 aromatic carbocycles. The SMILES string of the molecule is CC(C)(C=O)C1(C)CC1. The fraction of sp³-hybridized carbons (Fsp3) is 0.875. The van der Waals surface area contributed by atoms with Crippen LogP contribution in [0.4, 0.5) is 0 Å². The van der Waals surface area contributed by atoms with Gasteiger partial charge < -0.3 is 4.79 Å². The van der Waals surface area contributed by atoms with Crippen molar-refractivity contribution in [3.05, 3.63) is 0 Å². The van der Waals surface area contributed by atoms with E-state index < -0.39 is 0 Å². The summed E-state index contributed by atoms with van der Waals surface area (Å²) >= 11 is 0. The summed E-state index contributed by atoms with van der Waals surface area (Å²) in [6, 6.07) is 0. The van der Waals surface area contributed by atoms with Crippen LogP contribution in [-0.2, 0) is 4.79 Å². The van der Waals surface area contributed by atoms with Gasteiger partial charge in [0, 0.05) is 5.41 Å². The number of hydrogen-bond acceptors (Lipinski definition) is 1. The molecule has 1 aliphatic carbocycles. The van der Waals surface area contributed by atoms with E-state index in [0.29, 0.717) is 5.41 Å². The Morgan fingerprint density at radius 1 is 1.44 bits per heavy atom. The van der Waals surface area contributed by atoms with Gasteiger partial charge in [-0.05, 0) is 18.3 Å². The van der Waals surface area contributed by atoms with E-state index in [0.717, 1.165) is 6.29 Å². The van der Waals surface area contributed by atoms with Gasteiger partial charge >= 0.3 is 0 Å². The molecule has 0 bridgehead atoms.